The molecule has 1 atom stereocenters. The molecule has 0 aromatic heterocycles. The Morgan fingerprint density at radius 1 is 1.24 bits per heavy atom. The van der Waals surface area contributed by atoms with Gasteiger partial charge in [0.25, 0.3) is 0 Å². The summed E-state index contributed by atoms with van der Waals surface area (Å²) in [7, 11) is 3.90. The van der Waals surface area contributed by atoms with E-state index < -0.39 is 12.0 Å². The molecular formula is C14H29N3O3S. The minimum atomic E-state index is -0.977. The summed E-state index contributed by atoms with van der Waals surface area (Å²) in [5.41, 5.74) is 0. The van der Waals surface area contributed by atoms with Crippen molar-refractivity contribution in [1.82, 2.24) is 15.1 Å². The third-order valence-corrected chi connectivity index (χ3v) is 3.54. The molecule has 21 heavy (non-hydrogen) atoms. The smallest absolute Gasteiger partial charge is 0.326 e. The number of carbonyl (C=O) groups is 2. The minimum absolute atomic E-state index is 0.293. The minimum Gasteiger partial charge on any atom is -0.480 e. The highest BCUT2D eigenvalue weighted by atomic mass is 32.2. The SMILES string of the molecule is CSCC[C@@H](NC(=O)N(CCN(C)C)CC(C)C)C(=O)O. The number of likely N-dealkylation sites (N-methyl/N-ethyl adjacent to an activating group) is 1. The monoisotopic (exact) mass is 319 g/mol. The number of nitrogens with zero attached hydrogens (tertiary/aromatic N) is 2. The van der Waals surface area contributed by atoms with Gasteiger partial charge in [0, 0.05) is 19.6 Å². The van der Waals surface area contributed by atoms with Gasteiger partial charge in [0.05, 0.1) is 0 Å². The zero-order chi connectivity index (χ0) is 16.4. The van der Waals surface area contributed by atoms with E-state index in [-0.39, 0.29) is 6.03 Å². The summed E-state index contributed by atoms with van der Waals surface area (Å²) in [5.74, 6) is 0.0703. The molecule has 0 aliphatic heterocycles. The molecule has 124 valence electrons. The average molecular weight is 319 g/mol. The Bertz CT molecular complexity index is 325. The first kappa shape index (κ1) is 20.1. The number of amides is 2. The lowest BCUT2D eigenvalue weighted by Gasteiger charge is -2.27. The lowest BCUT2D eigenvalue weighted by atomic mass is 10.2. The molecule has 6 nitrogen and oxygen atoms in total. The molecule has 0 fully saturated rings. The lowest BCUT2D eigenvalue weighted by Crippen LogP contribution is -2.50. The fourth-order valence-electron chi connectivity index (χ4n) is 1.77. The highest BCUT2D eigenvalue weighted by Gasteiger charge is 2.23. The van der Waals surface area contributed by atoms with Crippen LogP contribution in [0.4, 0.5) is 4.79 Å². The highest BCUT2D eigenvalue weighted by Crippen LogP contribution is 2.04. The Hall–Kier alpha value is -0.950. The molecule has 0 aliphatic rings. The molecule has 0 aromatic carbocycles. The lowest BCUT2D eigenvalue weighted by molar-refractivity contribution is -0.139. The third-order valence-electron chi connectivity index (χ3n) is 2.90. The summed E-state index contributed by atoms with van der Waals surface area (Å²) in [5, 5.41) is 11.8. The number of carboxylic acids is 1. The van der Waals surface area contributed by atoms with E-state index in [1.54, 1.807) is 16.7 Å². The van der Waals surface area contributed by atoms with Gasteiger partial charge in [0.1, 0.15) is 6.04 Å². The van der Waals surface area contributed by atoms with E-state index in [4.69, 9.17) is 0 Å². The van der Waals surface area contributed by atoms with Crippen molar-refractivity contribution >= 4 is 23.8 Å². The largest absolute Gasteiger partial charge is 0.480 e. The van der Waals surface area contributed by atoms with Crippen LogP contribution in [-0.2, 0) is 4.79 Å². The molecule has 0 unspecified atom stereocenters. The molecule has 0 aliphatic carbocycles. The molecule has 0 saturated carbocycles. The first-order valence-electron chi connectivity index (χ1n) is 7.19. The number of hydrogen-bond acceptors (Lipinski definition) is 4. The van der Waals surface area contributed by atoms with Crippen molar-refractivity contribution in [1.29, 1.82) is 0 Å². The Morgan fingerprint density at radius 3 is 2.29 bits per heavy atom. The predicted octanol–water partition coefficient (Wildman–Crippen LogP) is 1.42. The van der Waals surface area contributed by atoms with E-state index in [0.29, 0.717) is 31.2 Å². The topological polar surface area (TPSA) is 72.9 Å². The van der Waals surface area contributed by atoms with Crippen LogP contribution in [0.3, 0.4) is 0 Å². The number of rotatable bonds is 10. The average Bonchev–Trinajstić information content (AvgIpc) is 2.38. The van der Waals surface area contributed by atoms with Gasteiger partial charge in [-0.2, -0.15) is 11.8 Å². The van der Waals surface area contributed by atoms with Crippen molar-refractivity contribution in [3.63, 3.8) is 0 Å². The van der Waals surface area contributed by atoms with Crippen LogP contribution in [0, 0.1) is 5.92 Å². The Morgan fingerprint density at radius 2 is 1.86 bits per heavy atom. The standard InChI is InChI=1S/C14H29N3O3S/c1-11(2)10-17(8-7-16(3)4)14(20)15-12(13(18)19)6-9-21-5/h11-12H,6-10H2,1-5H3,(H,15,20)(H,18,19)/t12-/m1/s1. The van der Waals surface area contributed by atoms with Crippen molar-refractivity contribution in [3.05, 3.63) is 0 Å². The van der Waals surface area contributed by atoms with Gasteiger partial charge in [0.2, 0.25) is 0 Å². The van der Waals surface area contributed by atoms with Crippen molar-refractivity contribution < 1.29 is 14.7 Å². The maximum atomic E-state index is 12.3. The molecule has 0 radical (unpaired) electrons. The van der Waals surface area contributed by atoms with Gasteiger partial charge < -0.3 is 20.2 Å². The van der Waals surface area contributed by atoms with Crippen LogP contribution >= 0.6 is 11.8 Å². The molecule has 0 saturated heterocycles. The number of nitrogens with one attached hydrogen (secondary N) is 1. The maximum absolute atomic E-state index is 12.3. The Labute approximate surface area is 132 Å². The highest BCUT2D eigenvalue weighted by molar-refractivity contribution is 7.98. The van der Waals surface area contributed by atoms with E-state index in [0.717, 1.165) is 6.54 Å². The number of carboxylic acid groups (broad SMARTS) is 1. The third kappa shape index (κ3) is 9.57. The number of thioether (sulfide) groups is 1. The van der Waals surface area contributed by atoms with Gasteiger partial charge in [-0.3, -0.25) is 0 Å². The molecule has 0 spiro atoms. The second-order valence-corrected chi connectivity index (χ2v) is 6.75. The van der Waals surface area contributed by atoms with Gasteiger partial charge in [-0.05, 0) is 38.4 Å². The number of urea groups is 1. The van der Waals surface area contributed by atoms with Crippen molar-refractivity contribution in [2.24, 2.45) is 5.92 Å². The molecule has 0 heterocycles. The van der Waals surface area contributed by atoms with Crippen molar-refractivity contribution in [2.45, 2.75) is 26.3 Å². The molecule has 2 amide bonds. The molecule has 7 heteroatoms. The summed E-state index contributed by atoms with van der Waals surface area (Å²) in [6, 6.07) is -1.11. The van der Waals surface area contributed by atoms with Gasteiger partial charge in [0.15, 0.2) is 0 Å². The quantitative estimate of drug-likeness (QED) is 0.637. The maximum Gasteiger partial charge on any atom is 0.326 e. The van der Waals surface area contributed by atoms with E-state index in [2.05, 4.69) is 5.32 Å². The Kier molecular flexibility index (Phi) is 10.2. The molecule has 0 bridgehead atoms. The summed E-state index contributed by atoms with van der Waals surface area (Å²) < 4.78 is 0. The fraction of sp³-hybridized carbons (Fsp3) is 0.857. The number of hydrogen-bond donors (Lipinski definition) is 2. The number of carbonyl (C=O) groups excluding carboxylic acids is 1. The second-order valence-electron chi connectivity index (χ2n) is 5.76. The van der Waals surface area contributed by atoms with Crippen LogP contribution in [0.5, 0.6) is 0 Å². The fourth-order valence-corrected chi connectivity index (χ4v) is 2.24. The van der Waals surface area contributed by atoms with Crippen LogP contribution in [0.1, 0.15) is 20.3 Å². The van der Waals surface area contributed by atoms with Crippen LogP contribution in [-0.4, -0.2) is 78.7 Å². The van der Waals surface area contributed by atoms with Gasteiger partial charge in [-0.15, -0.1) is 0 Å². The van der Waals surface area contributed by atoms with Gasteiger partial charge >= 0.3 is 12.0 Å². The first-order chi connectivity index (χ1) is 9.77. The molecule has 2 N–H and O–H groups in total. The van der Waals surface area contributed by atoms with E-state index in [1.165, 1.54) is 0 Å². The van der Waals surface area contributed by atoms with Crippen LogP contribution in [0.15, 0.2) is 0 Å². The molecule has 0 rings (SSSR count). The van der Waals surface area contributed by atoms with Crippen molar-refractivity contribution in [2.75, 3.05) is 45.7 Å². The molecule has 0 aromatic rings. The van der Waals surface area contributed by atoms with E-state index >= 15 is 0 Å². The first-order valence-corrected chi connectivity index (χ1v) is 8.59. The van der Waals surface area contributed by atoms with Gasteiger partial charge in [-0.25, -0.2) is 9.59 Å². The normalized spacial score (nSPS) is 12.5. The number of aliphatic carboxylic acids is 1. The van der Waals surface area contributed by atoms with E-state index in [1.807, 2.05) is 39.1 Å². The van der Waals surface area contributed by atoms with Crippen LogP contribution in [0.25, 0.3) is 0 Å². The zero-order valence-corrected chi connectivity index (χ0v) is 14.6. The summed E-state index contributed by atoms with van der Waals surface area (Å²) in [6.07, 6.45) is 2.36. The molecular weight excluding hydrogens is 290 g/mol. The summed E-state index contributed by atoms with van der Waals surface area (Å²) in [6.45, 7) is 6.04. The van der Waals surface area contributed by atoms with Crippen LogP contribution < -0.4 is 5.32 Å². The second kappa shape index (κ2) is 10.7. The van der Waals surface area contributed by atoms with Crippen molar-refractivity contribution in [3.8, 4) is 0 Å². The zero-order valence-electron chi connectivity index (χ0n) is 13.8. The predicted molar refractivity (Wildman–Crippen MR) is 87.9 cm³/mol. The van der Waals surface area contributed by atoms with Gasteiger partial charge in [-0.1, -0.05) is 13.8 Å². The summed E-state index contributed by atoms with van der Waals surface area (Å²) >= 11 is 1.57. The van der Waals surface area contributed by atoms with Crippen LogP contribution in [0.2, 0.25) is 0 Å². The van der Waals surface area contributed by atoms with E-state index in [9.17, 15) is 14.7 Å². The summed E-state index contributed by atoms with van der Waals surface area (Å²) in [4.78, 5) is 27.2. The Balaban J connectivity index is 4.63.